The third-order valence-electron chi connectivity index (χ3n) is 2.24. The molecule has 0 unspecified atom stereocenters. The minimum absolute atomic E-state index is 0.304. The number of thiophene rings is 1. The predicted octanol–water partition coefficient (Wildman–Crippen LogP) is 3.43. The molecule has 0 fully saturated rings. The Labute approximate surface area is 117 Å². The third-order valence-corrected chi connectivity index (χ3v) is 3.21. The molecule has 0 aliphatic carbocycles. The first-order valence-corrected chi connectivity index (χ1v) is 5.93. The molecule has 0 atom stereocenters. The Bertz CT molecular complexity index is 548. The Kier molecular flexibility index (Phi) is 4.56. The average molecular weight is 335 g/mol. The van der Waals surface area contributed by atoms with Gasteiger partial charge in [0.1, 0.15) is 5.00 Å². The van der Waals surface area contributed by atoms with Crippen LogP contribution in [0.15, 0.2) is 6.07 Å². The van der Waals surface area contributed by atoms with Gasteiger partial charge in [0.05, 0.1) is 5.56 Å². The number of carbonyl (C=O) groups is 2. The molecule has 1 amide bonds. The number of carbonyl (C=O) groups excluding carboxylic acids is 1. The van der Waals surface area contributed by atoms with E-state index in [0.717, 1.165) is 6.07 Å². The van der Waals surface area contributed by atoms with Gasteiger partial charge in [-0.25, -0.2) is 4.79 Å². The topological polar surface area (TPSA) is 66.4 Å². The van der Waals surface area contributed by atoms with Crippen LogP contribution in [-0.4, -0.2) is 29.3 Å². The lowest BCUT2D eigenvalue weighted by Gasteiger charge is -2.21. The molecule has 0 saturated carbocycles. The highest BCUT2D eigenvalue weighted by molar-refractivity contribution is 7.16. The third kappa shape index (κ3) is 4.09. The van der Waals surface area contributed by atoms with Crippen LogP contribution in [0.3, 0.4) is 0 Å². The number of carboxylic acid groups (broad SMARTS) is 1. The molecule has 118 valence electrons. The zero-order valence-electron chi connectivity index (χ0n) is 10.1. The van der Waals surface area contributed by atoms with Crippen molar-refractivity contribution in [3.8, 4) is 0 Å². The quantitative estimate of drug-likeness (QED) is 0.832. The van der Waals surface area contributed by atoms with E-state index in [1.165, 1.54) is 12.2 Å². The highest BCUT2D eigenvalue weighted by Crippen LogP contribution is 2.40. The molecule has 1 heterocycles. The molecule has 21 heavy (non-hydrogen) atoms. The Balaban J connectivity index is 3.12. The molecular weight excluding hydrogens is 328 g/mol. The minimum atomic E-state index is -5.84. The number of aryl methyl sites for hydroxylation is 1. The average Bonchev–Trinajstić information content (AvgIpc) is 2.54. The van der Waals surface area contributed by atoms with Gasteiger partial charge in [-0.3, -0.25) is 4.79 Å². The summed E-state index contributed by atoms with van der Waals surface area (Å²) in [5.41, 5.74) is -0.575. The number of nitrogens with one attached hydrogen (secondary N) is 1. The fraction of sp³-hybridized carbons (Fsp3) is 0.400. The number of anilines is 1. The van der Waals surface area contributed by atoms with Gasteiger partial charge in [-0.15, -0.1) is 11.3 Å². The summed E-state index contributed by atoms with van der Waals surface area (Å²) in [4.78, 5) is 22.3. The Hall–Kier alpha value is -1.78. The van der Waals surface area contributed by atoms with Gasteiger partial charge in [0.25, 0.3) is 0 Å². The number of amides is 1. The van der Waals surface area contributed by atoms with Crippen molar-refractivity contribution in [1.29, 1.82) is 0 Å². The SMILES string of the molecule is Cc1cc(C(=O)O)c(NC(=O)C(C(F)(F)F)C(F)(F)F)s1. The van der Waals surface area contributed by atoms with Crippen molar-refractivity contribution >= 4 is 28.2 Å². The number of hydrogen-bond donors (Lipinski definition) is 2. The van der Waals surface area contributed by atoms with Crippen LogP contribution in [0.5, 0.6) is 0 Å². The van der Waals surface area contributed by atoms with Gasteiger partial charge in [-0.1, -0.05) is 0 Å². The van der Waals surface area contributed by atoms with E-state index in [1.807, 2.05) is 0 Å². The molecule has 0 saturated heterocycles. The van der Waals surface area contributed by atoms with Gasteiger partial charge in [-0.05, 0) is 13.0 Å². The number of aromatic carboxylic acids is 1. The van der Waals surface area contributed by atoms with E-state index in [1.54, 1.807) is 0 Å². The summed E-state index contributed by atoms with van der Waals surface area (Å²) in [6.45, 7) is 1.39. The van der Waals surface area contributed by atoms with E-state index in [2.05, 4.69) is 0 Å². The zero-order valence-corrected chi connectivity index (χ0v) is 10.9. The van der Waals surface area contributed by atoms with Crippen molar-refractivity contribution in [1.82, 2.24) is 0 Å². The normalized spacial score (nSPS) is 12.6. The van der Waals surface area contributed by atoms with Crippen LogP contribution < -0.4 is 5.32 Å². The van der Waals surface area contributed by atoms with Gasteiger partial charge < -0.3 is 10.4 Å². The maximum Gasteiger partial charge on any atom is 0.409 e. The maximum atomic E-state index is 12.3. The second-order valence-corrected chi connectivity index (χ2v) is 5.17. The Morgan fingerprint density at radius 3 is 2.05 bits per heavy atom. The molecule has 2 N–H and O–H groups in total. The van der Waals surface area contributed by atoms with E-state index in [-0.39, 0.29) is 0 Å². The van der Waals surface area contributed by atoms with Crippen LogP contribution in [0.25, 0.3) is 0 Å². The molecule has 0 aliphatic heterocycles. The number of halogens is 6. The summed E-state index contributed by atoms with van der Waals surface area (Å²) in [5, 5.41) is 9.57. The number of rotatable bonds is 3. The van der Waals surface area contributed by atoms with Crippen molar-refractivity contribution in [2.45, 2.75) is 19.3 Å². The van der Waals surface area contributed by atoms with E-state index in [0.29, 0.717) is 16.2 Å². The molecule has 1 aromatic heterocycles. The summed E-state index contributed by atoms with van der Waals surface area (Å²) < 4.78 is 74.0. The summed E-state index contributed by atoms with van der Waals surface area (Å²) in [7, 11) is 0. The van der Waals surface area contributed by atoms with Crippen LogP contribution in [0.2, 0.25) is 0 Å². The molecule has 0 aliphatic rings. The molecule has 4 nitrogen and oxygen atoms in total. The van der Waals surface area contributed by atoms with Gasteiger partial charge in [0, 0.05) is 4.88 Å². The van der Waals surface area contributed by atoms with E-state index < -0.39 is 40.7 Å². The molecule has 1 aromatic rings. The van der Waals surface area contributed by atoms with Gasteiger partial charge in [-0.2, -0.15) is 26.3 Å². The predicted molar refractivity (Wildman–Crippen MR) is 60.2 cm³/mol. The lowest BCUT2D eigenvalue weighted by Crippen LogP contribution is -2.45. The van der Waals surface area contributed by atoms with Crippen molar-refractivity contribution in [2.24, 2.45) is 5.92 Å². The minimum Gasteiger partial charge on any atom is -0.478 e. The second kappa shape index (κ2) is 5.54. The molecule has 0 bridgehead atoms. The lowest BCUT2D eigenvalue weighted by atomic mass is 10.1. The first kappa shape index (κ1) is 17.3. The highest BCUT2D eigenvalue weighted by atomic mass is 32.1. The molecule has 11 heteroatoms. The van der Waals surface area contributed by atoms with E-state index in [4.69, 9.17) is 5.11 Å². The van der Waals surface area contributed by atoms with Crippen LogP contribution in [-0.2, 0) is 4.79 Å². The highest BCUT2D eigenvalue weighted by Gasteiger charge is 2.61. The Morgan fingerprint density at radius 1 is 1.19 bits per heavy atom. The first-order chi connectivity index (χ1) is 9.34. The van der Waals surface area contributed by atoms with E-state index >= 15 is 0 Å². The van der Waals surface area contributed by atoms with Gasteiger partial charge in [0.2, 0.25) is 11.8 Å². The van der Waals surface area contributed by atoms with Crippen LogP contribution in [0, 0.1) is 12.8 Å². The summed E-state index contributed by atoms with van der Waals surface area (Å²) in [5.74, 6) is -8.18. The van der Waals surface area contributed by atoms with Crippen molar-refractivity contribution in [3.63, 3.8) is 0 Å². The molecule has 0 aromatic carbocycles. The molecule has 0 spiro atoms. The maximum absolute atomic E-state index is 12.3. The lowest BCUT2D eigenvalue weighted by molar-refractivity contribution is -0.272. The summed E-state index contributed by atoms with van der Waals surface area (Å²) >= 11 is 0.562. The number of carboxylic acids is 1. The van der Waals surface area contributed by atoms with Gasteiger partial charge >= 0.3 is 18.3 Å². The van der Waals surface area contributed by atoms with Crippen molar-refractivity contribution < 1.29 is 41.0 Å². The van der Waals surface area contributed by atoms with Crippen LogP contribution in [0.4, 0.5) is 31.3 Å². The Morgan fingerprint density at radius 2 is 1.67 bits per heavy atom. The summed E-state index contributed by atoms with van der Waals surface area (Å²) in [6, 6.07) is 1.03. The van der Waals surface area contributed by atoms with Crippen LogP contribution >= 0.6 is 11.3 Å². The van der Waals surface area contributed by atoms with Crippen molar-refractivity contribution in [2.75, 3.05) is 5.32 Å². The zero-order chi connectivity index (χ0) is 16.6. The van der Waals surface area contributed by atoms with E-state index in [9.17, 15) is 35.9 Å². The second-order valence-electron chi connectivity index (χ2n) is 3.91. The fourth-order valence-electron chi connectivity index (χ4n) is 1.43. The largest absolute Gasteiger partial charge is 0.478 e. The monoisotopic (exact) mass is 335 g/mol. The summed E-state index contributed by atoms with van der Waals surface area (Å²) in [6.07, 6.45) is -11.7. The van der Waals surface area contributed by atoms with Gasteiger partial charge in [0.15, 0.2) is 0 Å². The number of hydrogen-bond acceptors (Lipinski definition) is 3. The standard InChI is InChI=1S/C10H7F6NO3S/c1-3-2-4(8(19)20)7(21-3)17-6(18)5(9(11,12)13)10(14,15)16/h2,5H,1H3,(H,17,18)(H,19,20). The number of alkyl halides is 6. The smallest absolute Gasteiger partial charge is 0.409 e. The molecule has 1 rings (SSSR count). The van der Waals surface area contributed by atoms with Crippen molar-refractivity contribution in [3.05, 3.63) is 16.5 Å². The fourth-order valence-corrected chi connectivity index (χ4v) is 2.34. The molecule has 0 radical (unpaired) electrons. The first-order valence-electron chi connectivity index (χ1n) is 5.12. The molecular formula is C10H7F6NO3S. The van der Waals surface area contributed by atoms with Crippen LogP contribution in [0.1, 0.15) is 15.2 Å².